The minimum atomic E-state index is -4.24. The van der Waals surface area contributed by atoms with Crippen molar-refractivity contribution in [2.45, 2.75) is 15.0 Å². The maximum Gasteiger partial charge on any atom is 0.373 e. The number of thioether (sulfide) groups is 1. The normalized spacial score (nSPS) is 12.9. The van der Waals surface area contributed by atoms with Crippen molar-refractivity contribution >= 4 is 43.6 Å². The highest BCUT2D eigenvalue weighted by atomic mass is 79.9. The molecule has 0 unspecified atom stereocenters. The minimum Gasteiger partial charge on any atom is -0.186 e. The summed E-state index contributed by atoms with van der Waals surface area (Å²) in [4.78, 5) is -4.18. The predicted molar refractivity (Wildman–Crippen MR) is 58.8 cm³/mol. The highest BCUT2D eigenvalue weighted by molar-refractivity contribution is 9.10. The molecule has 0 N–H and O–H groups in total. The van der Waals surface area contributed by atoms with Crippen LogP contribution in [0.25, 0.3) is 0 Å². The van der Waals surface area contributed by atoms with Gasteiger partial charge in [-0.2, -0.15) is 17.6 Å². The summed E-state index contributed by atoms with van der Waals surface area (Å²) in [6.45, 7) is 0. The number of benzene rings is 1. The molecule has 0 bridgehead atoms. The van der Waals surface area contributed by atoms with Crippen molar-refractivity contribution in [3.05, 3.63) is 28.7 Å². The molecule has 0 radical (unpaired) electrons. The Morgan fingerprint density at radius 1 is 1.07 bits per heavy atom. The van der Waals surface area contributed by atoms with Crippen LogP contribution < -0.4 is 0 Å². The molecule has 0 amide bonds. The summed E-state index contributed by atoms with van der Waals surface area (Å²) < 4.78 is 51.1. The highest BCUT2D eigenvalue weighted by Crippen LogP contribution is 2.51. The van der Waals surface area contributed by atoms with Crippen molar-refractivity contribution in [1.82, 2.24) is 0 Å². The zero-order valence-corrected chi connectivity index (χ0v) is 11.0. The van der Waals surface area contributed by atoms with Crippen LogP contribution in [0.15, 0.2) is 33.6 Å². The van der Waals surface area contributed by atoms with Crippen LogP contribution in [0, 0.1) is 0 Å². The van der Waals surface area contributed by atoms with E-state index in [0.717, 1.165) is 0 Å². The summed E-state index contributed by atoms with van der Waals surface area (Å²) in [5.41, 5.74) is 0. The molecule has 0 aliphatic heterocycles. The lowest BCUT2D eigenvalue weighted by molar-refractivity contribution is -0.0779. The average Bonchev–Trinajstić information content (AvgIpc) is 2.06. The Bertz CT molecular complexity index is 351. The van der Waals surface area contributed by atoms with Gasteiger partial charge in [0.15, 0.2) is 0 Å². The summed E-state index contributed by atoms with van der Waals surface area (Å²) in [5.74, 6) is 0. The van der Waals surface area contributed by atoms with E-state index in [1.807, 2.05) is 0 Å². The Hall–Kier alpha value is 0.250. The van der Waals surface area contributed by atoms with Crippen LogP contribution in [0.1, 0.15) is 0 Å². The molecule has 0 aliphatic rings. The van der Waals surface area contributed by atoms with Crippen LogP contribution in [0.2, 0.25) is 0 Å². The van der Waals surface area contributed by atoms with Crippen molar-refractivity contribution in [2.24, 2.45) is 0 Å². The second-order valence-electron chi connectivity index (χ2n) is 2.55. The first-order valence-electron chi connectivity index (χ1n) is 3.62. The van der Waals surface area contributed by atoms with Gasteiger partial charge in [0.1, 0.15) is 0 Å². The molecule has 1 rings (SSSR count). The Kier molecular flexibility index (Phi) is 4.11. The standard InChI is InChI=1S/C8H4Br2F4S/c9-5-3-1-2-4-6(5)15-8(13,14)7(10,11)12/h1-4H. The molecule has 15 heavy (non-hydrogen) atoms. The van der Waals surface area contributed by atoms with Gasteiger partial charge in [-0.15, -0.1) is 0 Å². The SMILES string of the molecule is FC(F)(Br)C(F)(F)Sc1ccccc1Br. The fourth-order valence-electron chi connectivity index (χ4n) is 0.723. The molecule has 84 valence electrons. The second-order valence-corrected chi connectivity index (χ2v) is 5.55. The van der Waals surface area contributed by atoms with E-state index < -0.39 is 10.1 Å². The first-order valence-corrected chi connectivity index (χ1v) is 6.02. The smallest absolute Gasteiger partial charge is 0.186 e. The third-order valence-electron chi connectivity index (χ3n) is 1.40. The molecule has 0 saturated heterocycles. The molecule has 0 aromatic heterocycles. The van der Waals surface area contributed by atoms with Crippen molar-refractivity contribution in [3.63, 3.8) is 0 Å². The molecule has 0 fully saturated rings. The number of halogens is 6. The van der Waals surface area contributed by atoms with Crippen LogP contribution in [0.4, 0.5) is 17.6 Å². The Labute approximate surface area is 105 Å². The monoisotopic (exact) mass is 366 g/mol. The van der Waals surface area contributed by atoms with Crippen LogP contribution in [-0.2, 0) is 0 Å². The fraction of sp³-hybridized carbons (Fsp3) is 0.250. The predicted octanol–water partition coefficient (Wildman–Crippen LogP) is 5.12. The maximum absolute atomic E-state index is 12.9. The number of alkyl halides is 5. The highest BCUT2D eigenvalue weighted by Gasteiger charge is 2.55. The van der Waals surface area contributed by atoms with Gasteiger partial charge < -0.3 is 0 Å². The van der Waals surface area contributed by atoms with Crippen molar-refractivity contribution in [2.75, 3.05) is 0 Å². The van der Waals surface area contributed by atoms with Gasteiger partial charge in [0.2, 0.25) is 0 Å². The molecule has 1 aromatic rings. The molecular weight excluding hydrogens is 364 g/mol. The zero-order chi connectivity index (χ0) is 11.7. The number of rotatable bonds is 3. The molecule has 0 aliphatic carbocycles. The molecule has 1 aromatic carbocycles. The van der Waals surface area contributed by atoms with E-state index >= 15 is 0 Å². The molecule has 0 heterocycles. The van der Waals surface area contributed by atoms with Gasteiger partial charge >= 0.3 is 10.1 Å². The van der Waals surface area contributed by atoms with Crippen molar-refractivity contribution in [1.29, 1.82) is 0 Å². The fourth-order valence-corrected chi connectivity index (χ4v) is 2.20. The van der Waals surface area contributed by atoms with E-state index in [-0.39, 0.29) is 16.7 Å². The van der Waals surface area contributed by atoms with Gasteiger partial charge in [-0.1, -0.05) is 12.1 Å². The molecule has 0 spiro atoms. The lowest BCUT2D eigenvalue weighted by Gasteiger charge is -2.20. The van der Waals surface area contributed by atoms with E-state index in [1.54, 1.807) is 22.0 Å². The summed E-state index contributed by atoms with van der Waals surface area (Å²) in [6, 6.07) is 5.94. The second kappa shape index (κ2) is 4.63. The summed E-state index contributed by atoms with van der Waals surface area (Å²) in [7, 11) is 0. The van der Waals surface area contributed by atoms with Gasteiger partial charge in [0.05, 0.1) is 0 Å². The van der Waals surface area contributed by atoms with Gasteiger partial charge in [-0.25, -0.2) is 0 Å². The third-order valence-corrected chi connectivity index (χ3v) is 4.21. The van der Waals surface area contributed by atoms with E-state index in [2.05, 4.69) is 15.9 Å². The average molecular weight is 368 g/mol. The quantitative estimate of drug-likeness (QED) is 0.406. The summed E-state index contributed by atoms with van der Waals surface area (Å²) in [6.07, 6.45) is 0. The van der Waals surface area contributed by atoms with E-state index in [0.29, 0.717) is 4.47 Å². The van der Waals surface area contributed by atoms with Crippen LogP contribution in [0.3, 0.4) is 0 Å². The topological polar surface area (TPSA) is 0 Å². The van der Waals surface area contributed by atoms with Gasteiger partial charge in [-0.05, 0) is 55.8 Å². The van der Waals surface area contributed by atoms with E-state index in [4.69, 9.17) is 0 Å². The summed E-state index contributed by atoms with van der Waals surface area (Å²) in [5, 5.41) is -4.20. The van der Waals surface area contributed by atoms with Crippen molar-refractivity contribution in [3.8, 4) is 0 Å². The number of hydrogen-bond acceptors (Lipinski definition) is 1. The Morgan fingerprint density at radius 2 is 1.60 bits per heavy atom. The molecule has 0 saturated carbocycles. The third kappa shape index (κ3) is 3.35. The largest absolute Gasteiger partial charge is 0.373 e. The Morgan fingerprint density at radius 3 is 2.07 bits per heavy atom. The van der Waals surface area contributed by atoms with E-state index in [9.17, 15) is 17.6 Å². The van der Waals surface area contributed by atoms with Crippen LogP contribution in [-0.4, -0.2) is 10.1 Å². The molecule has 7 heteroatoms. The summed E-state index contributed by atoms with van der Waals surface area (Å²) >= 11 is 4.47. The first-order chi connectivity index (χ1) is 6.74. The molecular formula is C8H4Br2F4S. The lowest BCUT2D eigenvalue weighted by atomic mass is 10.4. The zero-order valence-electron chi connectivity index (χ0n) is 6.99. The number of hydrogen-bond donors (Lipinski definition) is 0. The first kappa shape index (κ1) is 13.3. The molecule has 0 nitrogen and oxygen atoms in total. The van der Waals surface area contributed by atoms with Crippen molar-refractivity contribution < 1.29 is 17.6 Å². The minimum absolute atomic E-state index is 0.0571. The van der Waals surface area contributed by atoms with Gasteiger partial charge in [0.25, 0.3) is 0 Å². The van der Waals surface area contributed by atoms with Crippen LogP contribution in [0.5, 0.6) is 0 Å². The Balaban J connectivity index is 2.92. The molecule has 0 atom stereocenters. The maximum atomic E-state index is 12.9. The van der Waals surface area contributed by atoms with Gasteiger partial charge in [-0.3, -0.25) is 0 Å². The van der Waals surface area contributed by atoms with Crippen LogP contribution >= 0.6 is 43.6 Å². The lowest BCUT2D eigenvalue weighted by Crippen LogP contribution is -2.31. The van der Waals surface area contributed by atoms with Gasteiger partial charge in [0, 0.05) is 9.37 Å². The van der Waals surface area contributed by atoms with E-state index in [1.165, 1.54) is 18.2 Å².